The first-order valence-electron chi connectivity index (χ1n) is 10.2. The summed E-state index contributed by atoms with van der Waals surface area (Å²) in [6.45, 7) is 0.538. The van der Waals surface area contributed by atoms with Crippen LogP contribution in [0, 0.1) is 5.82 Å². The van der Waals surface area contributed by atoms with Crippen LogP contribution in [0.2, 0.25) is 0 Å². The second-order valence-corrected chi connectivity index (χ2v) is 8.85. The summed E-state index contributed by atoms with van der Waals surface area (Å²) in [6, 6.07) is 6.75. The van der Waals surface area contributed by atoms with Gasteiger partial charge in [0.2, 0.25) is 5.91 Å². The van der Waals surface area contributed by atoms with Crippen molar-refractivity contribution in [3.63, 3.8) is 0 Å². The number of nitrogens with zero attached hydrogens (tertiary/aromatic N) is 4. The van der Waals surface area contributed by atoms with Gasteiger partial charge in [-0.3, -0.25) is 4.79 Å². The van der Waals surface area contributed by atoms with Crippen molar-refractivity contribution < 1.29 is 9.18 Å². The van der Waals surface area contributed by atoms with E-state index in [1.54, 1.807) is 12.1 Å². The molecule has 1 aromatic heterocycles. The number of hydrogen-bond donors (Lipinski definition) is 0. The lowest BCUT2D eigenvalue weighted by atomic mass is 9.94. The van der Waals surface area contributed by atoms with Crippen LogP contribution >= 0.6 is 11.8 Å². The maximum Gasteiger partial charge on any atom is 0.233 e. The standard InChI is InChI=1S/C21H27FN4OS/c1-25-20(16-9-10-16)23-24-21(25)28-14-19(27)26(18-5-3-2-4-6-18)13-15-7-11-17(22)12-8-15/h7-8,11-12,16,18H,2-6,9-10,13-14H2,1H3. The fourth-order valence-corrected chi connectivity index (χ4v) is 4.76. The van der Waals surface area contributed by atoms with E-state index in [-0.39, 0.29) is 17.8 Å². The molecule has 2 saturated carbocycles. The van der Waals surface area contributed by atoms with E-state index in [1.807, 2.05) is 16.5 Å². The summed E-state index contributed by atoms with van der Waals surface area (Å²) < 4.78 is 15.3. The van der Waals surface area contributed by atoms with Gasteiger partial charge in [0.15, 0.2) is 5.16 Å². The van der Waals surface area contributed by atoms with E-state index in [2.05, 4.69) is 10.2 Å². The molecule has 2 aromatic rings. The lowest BCUT2D eigenvalue weighted by molar-refractivity contribution is -0.132. The highest BCUT2D eigenvalue weighted by atomic mass is 32.2. The molecule has 4 rings (SSSR count). The van der Waals surface area contributed by atoms with E-state index in [1.165, 1.54) is 56.0 Å². The van der Waals surface area contributed by atoms with Gasteiger partial charge < -0.3 is 9.47 Å². The Morgan fingerprint density at radius 3 is 2.54 bits per heavy atom. The summed E-state index contributed by atoms with van der Waals surface area (Å²) in [5.74, 6) is 1.81. The van der Waals surface area contributed by atoms with Crippen LogP contribution in [-0.4, -0.2) is 37.4 Å². The highest BCUT2D eigenvalue weighted by molar-refractivity contribution is 7.99. The summed E-state index contributed by atoms with van der Waals surface area (Å²) in [6.07, 6.45) is 8.04. The highest BCUT2D eigenvalue weighted by Gasteiger charge is 2.30. The Bertz CT molecular complexity index is 812. The van der Waals surface area contributed by atoms with Crippen LogP contribution in [0.5, 0.6) is 0 Å². The molecule has 7 heteroatoms. The predicted octanol–water partition coefficient (Wildman–Crippen LogP) is 4.29. The van der Waals surface area contributed by atoms with E-state index in [9.17, 15) is 9.18 Å². The number of aromatic nitrogens is 3. The molecule has 5 nitrogen and oxygen atoms in total. The molecule has 1 amide bonds. The predicted molar refractivity (Wildman–Crippen MR) is 108 cm³/mol. The first-order valence-corrected chi connectivity index (χ1v) is 11.2. The largest absolute Gasteiger partial charge is 0.335 e. The Labute approximate surface area is 169 Å². The molecule has 0 N–H and O–H groups in total. The fourth-order valence-electron chi connectivity index (χ4n) is 3.96. The quantitative estimate of drug-likeness (QED) is 0.649. The van der Waals surface area contributed by atoms with E-state index < -0.39 is 0 Å². The summed E-state index contributed by atoms with van der Waals surface area (Å²) in [5.41, 5.74) is 0.972. The Kier molecular flexibility index (Phi) is 5.99. The average Bonchev–Trinajstić information content (AvgIpc) is 3.49. The van der Waals surface area contributed by atoms with Gasteiger partial charge in [0.1, 0.15) is 11.6 Å². The molecule has 2 aliphatic carbocycles. The van der Waals surface area contributed by atoms with Crippen LogP contribution in [0.1, 0.15) is 62.3 Å². The second kappa shape index (κ2) is 8.64. The minimum absolute atomic E-state index is 0.122. The van der Waals surface area contributed by atoms with Gasteiger partial charge in [-0.1, -0.05) is 43.2 Å². The number of thioether (sulfide) groups is 1. The lowest BCUT2D eigenvalue weighted by Crippen LogP contribution is -2.42. The summed E-state index contributed by atoms with van der Waals surface area (Å²) >= 11 is 1.46. The van der Waals surface area contributed by atoms with Crippen molar-refractivity contribution in [2.24, 2.45) is 7.05 Å². The van der Waals surface area contributed by atoms with Gasteiger partial charge in [-0.2, -0.15) is 0 Å². The Morgan fingerprint density at radius 2 is 1.86 bits per heavy atom. The third kappa shape index (κ3) is 4.57. The zero-order valence-corrected chi connectivity index (χ0v) is 17.1. The van der Waals surface area contributed by atoms with Gasteiger partial charge in [-0.05, 0) is 43.4 Å². The molecule has 2 fully saturated rings. The average molecular weight is 403 g/mol. The molecule has 28 heavy (non-hydrogen) atoms. The van der Waals surface area contributed by atoms with E-state index in [4.69, 9.17) is 0 Å². The van der Waals surface area contributed by atoms with Crippen LogP contribution in [0.25, 0.3) is 0 Å². The molecule has 0 unspecified atom stereocenters. The topological polar surface area (TPSA) is 51.0 Å². The number of rotatable bonds is 7. The van der Waals surface area contributed by atoms with E-state index in [0.29, 0.717) is 18.2 Å². The van der Waals surface area contributed by atoms with Crippen LogP contribution < -0.4 is 0 Å². The molecule has 0 atom stereocenters. The number of halogens is 1. The third-order valence-electron chi connectivity index (χ3n) is 5.74. The Hall–Kier alpha value is -1.89. The van der Waals surface area contributed by atoms with Gasteiger partial charge in [-0.25, -0.2) is 4.39 Å². The normalized spacial score (nSPS) is 17.6. The first kappa shape index (κ1) is 19.4. The van der Waals surface area contributed by atoms with Crippen molar-refractivity contribution in [2.75, 3.05) is 5.75 Å². The Morgan fingerprint density at radius 1 is 1.14 bits per heavy atom. The van der Waals surface area contributed by atoms with Crippen LogP contribution in [-0.2, 0) is 18.4 Å². The molecule has 1 aromatic carbocycles. The molecule has 2 aliphatic rings. The second-order valence-electron chi connectivity index (χ2n) is 7.90. The molecule has 0 spiro atoms. The molecule has 0 saturated heterocycles. The maximum atomic E-state index is 13.2. The van der Waals surface area contributed by atoms with Gasteiger partial charge in [-0.15, -0.1) is 10.2 Å². The highest BCUT2D eigenvalue weighted by Crippen LogP contribution is 2.39. The maximum absolute atomic E-state index is 13.2. The fraction of sp³-hybridized carbons (Fsp3) is 0.571. The summed E-state index contributed by atoms with van der Waals surface area (Å²) in [7, 11) is 1.98. The van der Waals surface area contributed by atoms with Crippen molar-refractivity contribution in [3.05, 3.63) is 41.5 Å². The van der Waals surface area contributed by atoms with Crippen LogP contribution in [0.3, 0.4) is 0 Å². The number of carbonyl (C=O) groups is 1. The molecular weight excluding hydrogens is 375 g/mol. The summed E-state index contributed by atoms with van der Waals surface area (Å²) in [4.78, 5) is 15.1. The van der Waals surface area contributed by atoms with Crippen LogP contribution in [0.15, 0.2) is 29.4 Å². The molecule has 150 valence electrons. The third-order valence-corrected chi connectivity index (χ3v) is 6.74. The van der Waals surface area contributed by atoms with Gasteiger partial charge in [0.05, 0.1) is 5.75 Å². The smallest absolute Gasteiger partial charge is 0.233 e. The minimum atomic E-state index is -0.247. The molecular formula is C21H27FN4OS. The molecule has 0 radical (unpaired) electrons. The SMILES string of the molecule is Cn1c(SCC(=O)N(Cc2ccc(F)cc2)C2CCCCC2)nnc1C1CC1. The van der Waals surface area contributed by atoms with Crippen LogP contribution in [0.4, 0.5) is 4.39 Å². The number of carbonyl (C=O) groups excluding carboxylic acids is 1. The van der Waals surface area contributed by atoms with Gasteiger partial charge in [0, 0.05) is 25.6 Å². The van der Waals surface area contributed by atoms with Gasteiger partial charge in [0.25, 0.3) is 0 Å². The van der Waals surface area contributed by atoms with E-state index >= 15 is 0 Å². The minimum Gasteiger partial charge on any atom is -0.335 e. The zero-order chi connectivity index (χ0) is 19.5. The van der Waals surface area contributed by atoms with Crippen molar-refractivity contribution in [1.82, 2.24) is 19.7 Å². The first-order chi connectivity index (χ1) is 13.6. The van der Waals surface area contributed by atoms with Gasteiger partial charge >= 0.3 is 0 Å². The lowest BCUT2D eigenvalue weighted by Gasteiger charge is -2.34. The van der Waals surface area contributed by atoms with Crippen molar-refractivity contribution in [3.8, 4) is 0 Å². The number of amides is 1. The molecule has 1 heterocycles. The van der Waals surface area contributed by atoms with Crippen molar-refractivity contribution in [2.45, 2.75) is 68.6 Å². The molecule has 0 aliphatic heterocycles. The van der Waals surface area contributed by atoms with Crippen molar-refractivity contribution in [1.29, 1.82) is 0 Å². The Balaban J connectivity index is 1.43. The number of hydrogen-bond acceptors (Lipinski definition) is 4. The zero-order valence-electron chi connectivity index (χ0n) is 16.3. The van der Waals surface area contributed by atoms with E-state index in [0.717, 1.165) is 29.4 Å². The van der Waals surface area contributed by atoms with Crippen molar-refractivity contribution >= 4 is 17.7 Å². The molecule has 0 bridgehead atoms. The summed E-state index contributed by atoms with van der Waals surface area (Å²) in [5, 5.41) is 9.38. The number of benzene rings is 1. The monoisotopic (exact) mass is 402 g/mol.